The first-order valence-electron chi connectivity index (χ1n) is 11.9. The zero-order chi connectivity index (χ0) is 26.0. The summed E-state index contributed by atoms with van der Waals surface area (Å²) in [6.07, 6.45) is 1.66. The normalized spacial score (nSPS) is 17.9. The van der Waals surface area contributed by atoms with Crippen LogP contribution in [0.1, 0.15) is 70.8 Å². The molecule has 5 N–H and O–H groups in total. The van der Waals surface area contributed by atoms with Crippen LogP contribution >= 0.6 is 11.3 Å². The Morgan fingerprint density at radius 3 is 2.58 bits per heavy atom. The predicted molar refractivity (Wildman–Crippen MR) is 141 cm³/mol. The van der Waals surface area contributed by atoms with Gasteiger partial charge in [-0.05, 0) is 44.4 Å². The Labute approximate surface area is 214 Å². The van der Waals surface area contributed by atoms with Crippen LogP contribution in [0.2, 0.25) is 0 Å². The third kappa shape index (κ3) is 4.89. The lowest BCUT2D eigenvalue weighted by atomic mass is 9.82. The minimum atomic E-state index is -1.20. The van der Waals surface area contributed by atoms with Gasteiger partial charge in [0.25, 0.3) is 5.91 Å². The van der Waals surface area contributed by atoms with Crippen molar-refractivity contribution >= 4 is 29.0 Å². The quantitative estimate of drug-likeness (QED) is 0.277. The van der Waals surface area contributed by atoms with Crippen molar-refractivity contribution in [2.75, 3.05) is 6.54 Å². The summed E-state index contributed by atoms with van der Waals surface area (Å²) in [7, 11) is 0. The van der Waals surface area contributed by atoms with Gasteiger partial charge in [0.1, 0.15) is 10.8 Å². The Morgan fingerprint density at radius 2 is 1.92 bits per heavy atom. The average Bonchev–Trinajstić information content (AvgIpc) is 3.52. The van der Waals surface area contributed by atoms with E-state index in [1.807, 2.05) is 49.6 Å². The van der Waals surface area contributed by atoms with Crippen LogP contribution in [0.5, 0.6) is 5.75 Å². The number of hydrogen-bond donors (Lipinski definition) is 4. The van der Waals surface area contributed by atoms with E-state index in [2.05, 4.69) is 4.98 Å². The zero-order valence-electron chi connectivity index (χ0n) is 20.6. The second-order valence-electron chi connectivity index (χ2n) is 9.36. The molecule has 0 bridgehead atoms. The maximum Gasteiger partial charge on any atom is 0.258 e. The van der Waals surface area contributed by atoms with Crippen LogP contribution in [0.3, 0.4) is 0 Å². The monoisotopic (exact) mass is 505 g/mol. The van der Waals surface area contributed by atoms with E-state index in [0.29, 0.717) is 6.54 Å². The number of nitrogens with zero attached hydrogens (tertiary/aromatic N) is 2. The Bertz CT molecular complexity index is 1290. The first-order chi connectivity index (χ1) is 17.1. The topological polar surface area (TPSA) is 136 Å². The van der Waals surface area contributed by atoms with E-state index in [-0.39, 0.29) is 40.6 Å². The van der Waals surface area contributed by atoms with Gasteiger partial charge in [0, 0.05) is 23.5 Å². The number of aromatic hydroxyl groups is 1. The predicted octanol–water partition coefficient (Wildman–Crippen LogP) is 4.97. The fourth-order valence-corrected chi connectivity index (χ4v) is 5.34. The summed E-state index contributed by atoms with van der Waals surface area (Å²) in [5.41, 5.74) is 7.22. The summed E-state index contributed by atoms with van der Waals surface area (Å²) in [5, 5.41) is 30.7. The molecule has 36 heavy (non-hydrogen) atoms. The van der Waals surface area contributed by atoms with Gasteiger partial charge in [-0.25, -0.2) is 4.98 Å². The lowest BCUT2D eigenvalue weighted by Crippen LogP contribution is -2.50. The number of phenols is 1. The van der Waals surface area contributed by atoms with Gasteiger partial charge in [-0.3, -0.25) is 15.6 Å². The van der Waals surface area contributed by atoms with Crippen LogP contribution in [0.25, 0.3) is 0 Å². The standard InChI is InChI=1S/C27H31N5O3S/c1-16-15-36-24(31-16)21-13-8-14-32(21)25(34)20-12-7-11-19(22(20)33)23(28)35-26(29)27(3,30)17(2)18-9-5-4-6-10-18/h4-7,9-12,15,17,21,28-29,33H,8,13-14,30H2,1-3H3. The summed E-state index contributed by atoms with van der Waals surface area (Å²) >= 11 is 1.53. The van der Waals surface area contributed by atoms with E-state index in [9.17, 15) is 9.90 Å². The number of para-hydroxylation sites is 1. The van der Waals surface area contributed by atoms with Crippen LogP contribution in [0.4, 0.5) is 0 Å². The molecule has 3 aromatic rings. The number of carbonyl (C=O) groups is 1. The number of thiazole rings is 1. The molecule has 8 nitrogen and oxygen atoms in total. The number of nitrogens with two attached hydrogens (primary N) is 1. The zero-order valence-corrected chi connectivity index (χ0v) is 21.4. The van der Waals surface area contributed by atoms with Crippen molar-refractivity contribution in [3.63, 3.8) is 0 Å². The Hall–Kier alpha value is -3.56. The van der Waals surface area contributed by atoms with Crippen LogP contribution < -0.4 is 5.73 Å². The second-order valence-corrected chi connectivity index (χ2v) is 10.3. The van der Waals surface area contributed by atoms with Gasteiger partial charge in [0.15, 0.2) is 0 Å². The maximum absolute atomic E-state index is 13.4. The van der Waals surface area contributed by atoms with Crippen LogP contribution in [0, 0.1) is 17.7 Å². The number of nitrogens with one attached hydrogen (secondary N) is 2. The van der Waals surface area contributed by atoms with Crippen LogP contribution in [-0.2, 0) is 4.74 Å². The number of carbonyl (C=O) groups excluding carboxylic acids is 1. The minimum Gasteiger partial charge on any atom is -0.506 e. The number of hydrogen-bond acceptors (Lipinski definition) is 8. The Morgan fingerprint density at radius 1 is 1.22 bits per heavy atom. The number of phenolic OH excluding ortho intramolecular Hbond substituents is 1. The molecule has 1 amide bonds. The fraction of sp³-hybridized carbons (Fsp3) is 0.333. The highest BCUT2D eigenvalue weighted by Gasteiger charge is 2.37. The molecular weight excluding hydrogens is 474 g/mol. The molecule has 3 unspecified atom stereocenters. The summed E-state index contributed by atoms with van der Waals surface area (Å²) in [5.74, 6) is -1.69. The lowest BCUT2D eigenvalue weighted by molar-refractivity contribution is 0.0732. The van der Waals surface area contributed by atoms with E-state index in [1.165, 1.54) is 23.5 Å². The largest absolute Gasteiger partial charge is 0.506 e. The first kappa shape index (κ1) is 25.5. The molecule has 2 aromatic carbocycles. The molecule has 1 aliphatic rings. The minimum absolute atomic E-state index is 0.0228. The van der Waals surface area contributed by atoms with Gasteiger partial charge >= 0.3 is 0 Å². The van der Waals surface area contributed by atoms with Gasteiger partial charge in [-0.2, -0.15) is 0 Å². The molecule has 4 rings (SSSR count). The number of benzene rings is 2. The number of ether oxygens (including phenoxy) is 1. The number of aryl methyl sites for hydroxylation is 1. The SMILES string of the molecule is Cc1csc(C2CCCN2C(=O)c2cccc(C(=N)OC(=N)C(C)(N)C(C)c3ccccc3)c2O)n1. The highest BCUT2D eigenvalue weighted by molar-refractivity contribution is 7.09. The maximum atomic E-state index is 13.4. The molecule has 3 atom stereocenters. The van der Waals surface area contributed by atoms with E-state index >= 15 is 0 Å². The van der Waals surface area contributed by atoms with Crippen molar-refractivity contribution in [1.82, 2.24) is 9.88 Å². The average molecular weight is 506 g/mol. The van der Waals surface area contributed by atoms with Crippen molar-refractivity contribution in [2.24, 2.45) is 5.73 Å². The van der Waals surface area contributed by atoms with Crippen molar-refractivity contribution in [3.8, 4) is 5.75 Å². The highest BCUT2D eigenvalue weighted by Crippen LogP contribution is 2.36. The lowest BCUT2D eigenvalue weighted by Gasteiger charge is -2.32. The first-order valence-corrected chi connectivity index (χ1v) is 12.7. The summed E-state index contributed by atoms with van der Waals surface area (Å²) < 4.78 is 5.53. The van der Waals surface area contributed by atoms with Crippen molar-refractivity contribution in [3.05, 3.63) is 81.3 Å². The van der Waals surface area contributed by atoms with Crippen LogP contribution in [-0.4, -0.2) is 44.8 Å². The molecular formula is C27H31N5O3S. The molecule has 188 valence electrons. The Balaban J connectivity index is 1.53. The van der Waals surface area contributed by atoms with E-state index in [0.717, 1.165) is 29.1 Å². The molecule has 0 aliphatic carbocycles. The van der Waals surface area contributed by atoms with E-state index < -0.39 is 11.4 Å². The molecule has 0 saturated carbocycles. The molecule has 1 fully saturated rings. The summed E-state index contributed by atoms with van der Waals surface area (Å²) in [6.45, 7) is 6.05. The van der Waals surface area contributed by atoms with Crippen molar-refractivity contribution in [2.45, 2.75) is 51.1 Å². The Kier molecular flexibility index (Phi) is 7.23. The van der Waals surface area contributed by atoms with Crippen molar-refractivity contribution in [1.29, 1.82) is 10.8 Å². The van der Waals surface area contributed by atoms with E-state index in [1.54, 1.807) is 17.9 Å². The van der Waals surface area contributed by atoms with Crippen molar-refractivity contribution < 1.29 is 14.6 Å². The van der Waals surface area contributed by atoms with Gasteiger partial charge in [0.05, 0.1) is 22.7 Å². The smallest absolute Gasteiger partial charge is 0.258 e. The molecule has 1 aromatic heterocycles. The second kappa shape index (κ2) is 10.2. The number of likely N-dealkylation sites (tertiary alicyclic amines) is 1. The molecule has 0 spiro atoms. The van der Waals surface area contributed by atoms with Gasteiger partial charge in [-0.1, -0.05) is 43.3 Å². The molecule has 2 heterocycles. The van der Waals surface area contributed by atoms with Gasteiger partial charge < -0.3 is 20.5 Å². The van der Waals surface area contributed by atoms with Gasteiger partial charge in [-0.15, -0.1) is 11.3 Å². The molecule has 1 aliphatic heterocycles. The third-order valence-corrected chi connectivity index (χ3v) is 7.90. The number of rotatable bonds is 6. The van der Waals surface area contributed by atoms with Crippen LogP contribution in [0.15, 0.2) is 53.9 Å². The fourth-order valence-electron chi connectivity index (χ4n) is 4.40. The summed E-state index contributed by atoms with van der Waals surface area (Å²) in [4.78, 5) is 19.7. The molecule has 0 radical (unpaired) electrons. The molecule has 9 heteroatoms. The number of aromatic nitrogens is 1. The number of amides is 1. The third-order valence-electron chi connectivity index (χ3n) is 6.84. The van der Waals surface area contributed by atoms with E-state index in [4.69, 9.17) is 21.3 Å². The summed E-state index contributed by atoms with van der Waals surface area (Å²) in [6, 6.07) is 14.0. The molecule has 1 saturated heterocycles. The highest BCUT2D eigenvalue weighted by atomic mass is 32.1. The van der Waals surface area contributed by atoms with Gasteiger partial charge in [0.2, 0.25) is 11.8 Å².